The number of carbonyl (C=O) groups is 4. The first-order valence-electron chi connectivity index (χ1n) is 10.4. The summed E-state index contributed by atoms with van der Waals surface area (Å²) in [4.78, 5) is 52.9. The fourth-order valence-corrected chi connectivity index (χ4v) is 4.55. The number of rotatable bonds is 6. The average molecular weight is 450 g/mol. The van der Waals surface area contributed by atoms with Crippen molar-refractivity contribution in [2.45, 2.75) is 13.3 Å². The Kier molecular flexibility index (Phi) is 6.41. The highest BCUT2D eigenvalue weighted by molar-refractivity contribution is 8.18. The quantitative estimate of drug-likeness (QED) is 0.685. The SMILES string of the molecule is Cc1ccc(N2CC(C(=O)NCCN3C(=O)S/C(=C/c4ccccc4)C3=O)CC2=O)cc1. The van der Waals surface area contributed by atoms with Gasteiger partial charge in [-0.3, -0.25) is 24.1 Å². The van der Waals surface area contributed by atoms with Crippen LogP contribution < -0.4 is 10.2 Å². The van der Waals surface area contributed by atoms with Gasteiger partial charge in [-0.05, 0) is 42.5 Å². The Hall–Kier alpha value is -3.39. The number of amides is 4. The van der Waals surface area contributed by atoms with Gasteiger partial charge in [0.25, 0.3) is 11.1 Å². The summed E-state index contributed by atoms with van der Waals surface area (Å²) in [5.41, 5.74) is 2.72. The summed E-state index contributed by atoms with van der Waals surface area (Å²) in [6.45, 7) is 2.52. The first kappa shape index (κ1) is 21.8. The van der Waals surface area contributed by atoms with Gasteiger partial charge >= 0.3 is 0 Å². The first-order chi connectivity index (χ1) is 15.4. The van der Waals surface area contributed by atoms with Gasteiger partial charge in [0.05, 0.1) is 10.8 Å². The summed E-state index contributed by atoms with van der Waals surface area (Å²) in [5, 5.41) is 2.41. The van der Waals surface area contributed by atoms with Crippen molar-refractivity contribution in [3.8, 4) is 0 Å². The van der Waals surface area contributed by atoms with Crippen molar-refractivity contribution in [3.05, 3.63) is 70.6 Å². The van der Waals surface area contributed by atoms with E-state index in [2.05, 4.69) is 5.32 Å². The van der Waals surface area contributed by atoms with E-state index in [9.17, 15) is 19.2 Å². The van der Waals surface area contributed by atoms with Crippen LogP contribution in [-0.2, 0) is 14.4 Å². The minimum Gasteiger partial charge on any atom is -0.354 e. The second-order valence-corrected chi connectivity index (χ2v) is 8.77. The van der Waals surface area contributed by atoms with Crippen LogP contribution in [0.4, 0.5) is 10.5 Å². The van der Waals surface area contributed by atoms with Crippen molar-refractivity contribution in [2.75, 3.05) is 24.5 Å². The van der Waals surface area contributed by atoms with Gasteiger partial charge < -0.3 is 10.2 Å². The number of imide groups is 1. The van der Waals surface area contributed by atoms with E-state index in [0.29, 0.717) is 11.4 Å². The molecule has 164 valence electrons. The van der Waals surface area contributed by atoms with Crippen LogP contribution in [0.25, 0.3) is 6.08 Å². The van der Waals surface area contributed by atoms with Crippen LogP contribution in [0.3, 0.4) is 0 Å². The molecule has 2 aromatic rings. The zero-order chi connectivity index (χ0) is 22.7. The molecule has 2 fully saturated rings. The summed E-state index contributed by atoms with van der Waals surface area (Å²) in [6, 6.07) is 16.9. The molecule has 0 aliphatic carbocycles. The Morgan fingerprint density at radius 2 is 1.81 bits per heavy atom. The Balaban J connectivity index is 1.30. The molecular weight excluding hydrogens is 426 g/mol. The second-order valence-electron chi connectivity index (χ2n) is 7.78. The molecule has 2 aromatic carbocycles. The van der Waals surface area contributed by atoms with E-state index in [1.165, 1.54) is 0 Å². The molecule has 2 aliphatic rings. The summed E-state index contributed by atoms with van der Waals surface area (Å²) >= 11 is 0.894. The van der Waals surface area contributed by atoms with E-state index < -0.39 is 5.92 Å². The molecular formula is C24H23N3O4S. The lowest BCUT2D eigenvalue weighted by atomic mass is 10.1. The fourth-order valence-electron chi connectivity index (χ4n) is 3.69. The molecule has 2 heterocycles. The van der Waals surface area contributed by atoms with Crippen LogP contribution in [0.5, 0.6) is 0 Å². The normalized spacial score (nSPS) is 19.8. The summed E-state index contributed by atoms with van der Waals surface area (Å²) < 4.78 is 0. The van der Waals surface area contributed by atoms with Gasteiger partial charge in [-0.15, -0.1) is 0 Å². The molecule has 32 heavy (non-hydrogen) atoms. The molecule has 7 nitrogen and oxygen atoms in total. The zero-order valence-electron chi connectivity index (χ0n) is 17.6. The average Bonchev–Trinajstić information content (AvgIpc) is 3.29. The van der Waals surface area contributed by atoms with Crippen LogP contribution in [0, 0.1) is 12.8 Å². The molecule has 8 heteroatoms. The molecule has 4 rings (SSSR count). The third kappa shape index (κ3) is 4.75. The molecule has 0 spiro atoms. The highest BCUT2D eigenvalue weighted by atomic mass is 32.2. The van der Waals surface area contributed by atoms with E-state index >= 15 is 0 Å². The predicted molar refractivity (Wildman–Crippen MR) is 124 cm³/mol. The topological polar surface area (TPSA) is 86.8 Å². The monoisotopic (exact) mass is 449 g/mol. The lowest BCUT2D eigenvalue weighted by molar-refractivity contribution is -0.127. The number of hydrogen-bond donors (Lipinski definition) is 1. The fraction of sp³-hybridized carbons (Fsp3) is 0.250. The van der Waals surface area contributed by atoms with Crippen LogP contribution in [-0.4, -0.2) is 47.5 Å². The highest BCUT2D eigenvalue weighted by Crippen LogP contribution is 2.32. The maximum absolute atomic E-state index is 12.6. The second kappa shape index (κ2) is 9.40. The zero-order valence-corrected chi connectivity index (χ0v) is 18.4. The van der Waals surface area contributed by atoms with Crippen molar-refractivity contribution in [2.24, 2.45) is 5.92 Å². The smallest absolute Gasteiger partial charge is 0.293 e. The van der Waals surface area contributed by atoms with E-state index in [-0.39, 0.29) is 42.5 Å². The Labute approximate surface area is 190 Å². The molecule has 2 saturated heterocycles. The van der Waals surface area contributed by atoms with Crippen LogP contribution in [0.1, 0.15) is 17.5 Å². The largest absolute Gasteiger partial charge is 0.354 e. The summed E-state index contributed by atoms with van der Waals surface area (Å²) in [7, 11) is 0. The highest BCUT2D eigenvalue weighted by Gasteiger charge is 2.36. The number of benzene rings is 2. The van der Waals surface area contributed by atoms with Gasteiger partial charge in [-0.2, -0.15) is 0 Å². The van der Waals surface area contributed by atoms with E-state index in [1.807, 2.05) is 61.5 Å². The minimum absolute atomic E-state index is 0.0882. The van der Waals surface area contributed by atoms with Crippen molar-refractivity contribution in [1.29, 1.82) is 0 Å². The van der Waals surface area contributed by atoms with Gasteiger partial charge in [0.2, 0.25) is 11.8 Å². The molecule has 0 aromatic heterocycles. The van der Waals surface area contributed by atoms with Gasteiger partial charge in [0, 0.05) is 31.7 Å². The minimum atomic E-state index is -0.461. The predicted octanol–water partition coefficient (Wildman–Crippen LogP) is 3.20. The molecule has 1 N–H and O–H groups in total. The van der Waals surface area contributed by atoms with Crippen LogP contribution >= 0.6 is 11.8 Å². The first-order valence-corrected chi connectivity index (χ1v) is 11.2. The third-order valence-electron chi connectivity index (χ3n) is 5.45. The van der Waals surface area contributed by atoms with E-state index in [1.54, 1.807) is 11.0 Å². The summed E-state index contributed by atoms with van der Waals surface area (Å²) in [6.07, 6.45) is 1.83. The Morgan fingerprint density at radius 3 is 2.53 bits per heavy atom. The van der Waals surface area contributed by atoms with Gasteiger partial charge in [0.1, 0.15) is 0 Å². The lowest BCUT2D eigenvalue weighted by Gasteiger charge is -2.17. The van der Waals surface area contributed by atoms with Crippen molar-refractivity contribution in [1.82, 2.24) is 10.2 Å². The van der Waals surface area contributed by atoms with E-state index in [4.69, 9.17) is 0 Å². The Morgan fingerprint density at radius 1 is 1.09 bits per heavy atom. The van der Waals surface area contributed by atoms with Crippen molar-refractivity contribution >= 4 is 46.5 Å². The van der Waals surface area contributed by atoms with Crippen molar-refractivity contribution < 1.29 is 19.2 Å². The van der Waals surface area contributed by atoms with Crippen LogP contribution in [0.15, 0.2) is 59.5 Å². The molecule has 0 radical (unpaired) electrons. The molecule has 2 aliphatic heterocycles. The number of nitrogens with one attached hydrogen (secondary N) is 1. The number of hydrogen-bond acceptors (Lipinski definition) is 5. The van der Waals surface area contributed by atoms with Gasteiger partial charge in [0.15, 0.2) is 0 Å². The molecule has 4 amide bonds. The Bertz CT molecular complexity index is 1080. The number of aryl methyl sites for hydroxylation is 1. The molecule has 1 unspecified atom stereocenters. The van der Waals surface area contributed by atoms with Gasteiger partial charge in [-0.25, -0.2) is 0 Å². The summed E-state index contributed by atoms with van der Waals surface area (Å²) in [5.74, 6) is -1.16. The standard InChI is InChI=1S/C24H23N3O4S/c1-16-7-9-19(10-8-16)27-15-18(14-21(27)28)22(29)25-11-12-26-23(30)20(32-24(26)31)13-17-5-3-2-4-6-17/h2-10,13,18H,11-12,14-15H2,1H3,(H,25,29)/b20-13+. The lowest BCUT2D eigenvalue weighted by Crippen LogP contribution is -2.40. The maximum atomic E-state index is 12.6. The van der Waals surface area contributed by atoms with Crippen molar-refractivity contribution in [3.63, 3.8) is 0 Å². The van der Waals surface area contributed by atoms with Gasteiger partial charge in [-0.1, -0.05) is 48.0 Å². The van der Waals surface area contributed by atoms with Crippen LogP contribution in [0.2, 0.25) is 0 Å². The third-order valence-corrected chi connectivity index (χ3v) is 6.35. The molecule has 0 saturated carbocycles. The number of anilines is 1. The van der Waals surface area contributed by atoms with E-state index in [0.717, 1.165) is 33.5 Å². The molecule has 1 atom stereocenters. The number of nitrogens with zero attached hydrogens (tertiary/aromatic N) is 2. The molecule has 0 bridgehead atoms. The number of thioether (sulfide) groups is 1. The number of carbonyl (C=O) groups excluding carboxylic acids is 4. The maximum Gasteiger partial charge on any atom is 0.293 e.